The lowest BCUT2D eigenvalue weighted by molar-refractivity contribution is -0.136. The number of esters is 1. The number of allylic oxidation sites excluding steroid dienone is 1. The molecular weight excluding hydrogens is 444 g/mol. The van der Waals surface area contributed by atoms with Crippen LogP contribution in [0.3, 0.4) is 0 Å². The molecule has 178 valence electrons. The molecule has 0 aromatic heterocycles. The van der Waals surface area contributed by atoms with Gasteiger partial charge < -0.3 is 29.3 Å². The number of benzene rings is 1. The summed E-state index contributed by atoms with van der Waals surface area (Å²) in [5.41, 5.74) is 2.39. The average molecular weight is 475 g/mol. The first kappa shape index (κ1) is 24.7. The number of fused-ring (bicyclic) bond motifs is 1. The third kappa shape index (κ3) is 5.17. The molecule has 2 aliphatic rings. The summed E-state index contributed by atoms with van der Waals surface area (Å²) < 4.78 is 16.3. The number of thioether (sulfide) groups is 1. The molecule has 1 amide bonds. The molecule has 33 heavy (non-hydrogen) atoms. The molecule has 1 atom stereocenters. The van der Waals surface area contributed by atoms with E-state index in [0.717, 1.165) is 12.2 Å². The fourth-order valence-corrected chi connectivity index (χ4v) is 4.77. The van der Waals surface area contributed by atoms with E-state index in [1.165, 1.54) is 18.9 Å². The average Bonchev–Trinajstić information content (AvgIpc) is 3.18. The van der Waals surface area contributed by atoms with Gasteiger partial charge in [-0.1, -0.05) is 23.9 Å². The van der Waals surface area contributed by atoms with Gasteiger partial charge in [-0.2, -0.15) is 0 Å². The monoisotopic (exact) mass is 474 g/mol. The standard InChI is InChI=1S/C23H30N4O5S/c1-14-19(22(29)32-6)20(16-8-7-9-17(30-4)21(16)31-5)27-15(13-33-23(27)25-14)12-18(28)24-10-11-26(2)3/h7-9,13,20H,10-12H2,1-6H3,(H,24,28). The Morgan fingerprint density at radius 2 is 1.97 bits per heavy atom. The second-order valence-corrected chi connectivity index (χ2v) is 8.63. The number of para-hydroxylation sites is 1. The summed E-state index contributed by atoms with van der Waals surface area (Å²) in [7, 11) is 8.37. The first-order valence-corrected chi connectivity index (χ1v) is 11.3. The number of amidine groups is 1. The van der Waals surface area contributed by atoms with Crippen LogP contribution in [0.1, 0.15) is 24.9 Å². The van der Waals surface area contributed by atoms with Crippen LogP contribution in [-0.4, -0.2) is 75.4 Å². The molecule has 0 saturated carbocycles. The van der Waals surface area contributed by atoms with Crippen LogP contribution in [0.5, 0.6) is 11.5 Å². The van der Waals surface area contributed by atoms with Gasteiger partial charge in [-0.15, -0.1) is 0 Å². The Labute approximate surface area is 198 Å². The number of likely N-dealkylation sites (N-methyl/N-ethyl adjacent to an activating group) is 1. The molecule has 2 aliphatic heterocycles. The van der Waals surface area contributed by atoms with Crippen LogP contribution in [0.15, 0.2) is 45.6 Å². The Bertz CT molecular complexity index is 1020. The van der Waals surface area contributed by atoms with Crippen molar-refractivity contribution in [1.29, 1.82) is 0 Å². The molecule has 1 aromatic carbocycles. The van der Waals surface area contributed by atoms with Gasteiger partial charge in [0.15, 0.2) is 16.7 Å². The van der Waals surface area contributed by atoms with E-state index in [9.17, 15) is 9.59 Å². The number of carbonyl (C=O) groups is 2. The van der Waals surface area contributed by atoms with Gasteiger partial charge in [-0.3, -0.25) is 4.79 Å². The van der Waals surface area contributed by atoms with Gasteiger partial charge in [0.25, 0.3) is 0 Å². The molecule has 0 aliphatic carbocycles. The second-order valence-electron chi connectivity index (χ2n) is 7.80. The molecule has 0 fully saturated rings. The normalized spacial score (nSPS) is 17.4. The van der Waals surface area contributed by atoms with E-state index in [2.05, 4.69) is 10.3 Å². The SMILES string of the molecule is COC(=O)C1=C(C)N=C2SC=C(CC(=O)NCCN(C)C)N2C1c1cccc(OC)c1OC. The van der Waals surface area contributed by atoms with E-state index in [1.54, 1.807) is 27.2 Å². The van der Waals surface area contributed by atoms with Crippen molar-refractivity contribution >= 4 is 28.8 Å². The van der Waals surface area contributed by atoms with Gasteiger partial charge in [0.1, 0.15) is 0 Å². The van der Waals surface area contributed by atoms with Crippen LogP contribution < -0.4 is 14.8 Å². The number of amides is 1. The van der Waals surface area contributed by atoms with E-state index in [1.807, 2.05) is 41.4 Å². The van der Waals surface area contributed by atoms with E-state index in [4.69, 9.17) is 14.2 Å². The third-order valence-electron chi connectivity index (χ3n) is 5.36. The highest BCUT2D eigenvalue weighted by molar-refractivity contribution is 8.16. The molecule has 0 saturated heterocycles. The fraction of sp³-hybridized carbons (Fsp3) is 0.435. The summed E-state index contributed by atoms with van der Waals surface area (Å²) in [4.78, 5) is 34.1. The first-order chi connectivity index (χ1) is 15.8. The van der Waals surface area contributed by atoms with Crippen molar-refractivity contribution in [1.82, 2.24) is 15.1 Å². The Morgan fingerprint density at radius 1 is 1.21 bits per heavy atom. The Kier molecular flexibility index (Phi) is 8.04. The molecule has 9 nitrogen and oxygen atoms in total. The minimum atomic E-state index is -0.592. The zero-order valence-electron chi connectivity index (χ0n) is 19.8. The maximum Gasteiger partial charge on any atom is 0.338 e. The van der Waals surface area contributed by atoms with Crippen molar-refractivity contribution < 1.29 is 23.8 Å². The van der Waals surface area contributed by atoms with E-state index >= 15 is 0 Å². The van der Waals surface area contributed by atoms with Crippen molar-refractivity contribution in [3.8, 4) is 11.5 Å². The molecule has 1 aromatic rings. The van der Waals surface area contributed by atoms with Crippen molar-refractivity contribution in [2.24, 2.45) is 4.99 Å². The predicted molar refractivity (Wildman–Crippen MR) is 128 cm³/mol. The highest BCUT2D eigenvalue weighted by Gasteiger charge is 2.42. The van der Waals surface area contributed by atoms with E-state index < -0.39 is 12.0 Å². The summed E-state index contributed by atoms with van der Waals surface area (Å²) in [5, 5.41) is 5.53. The quantitative estimate of drug-likeness (QED) is 0.546. The summed E-state index contributed by atoms with van der Waals surface area (Å²) in [6.45, 7) is 3.07. The maximum atomic E-state index is 12.9. The molecule has 10 heteroatoms. The van der Waals surface area contributed by atoms with Gasteiger partial charge in [-0.25, -0.2) is 9.79 Å². The number of methoxy groups -OCH3 is 3. The lowest BCUT2D eigenvalue weighted by atomic mass is 9.92. The van der Waals surface area contributed by atoms with Gasteiger partial charge in [-0.05, 0) is 32.5 Å². The first-order valence-electron chi connectivity index (χ1n) is 10.5. The van der Waals surface area contributed by atoms with Crippen molar-refractivity contribution in [2.75, 3.05) is 48.5 Å². The van der Waals surface area contributed by atoms with Crippen LogP contribution >= 0.6 is 11.8 Å². The summed E-state index contributed by atoms with van der Waals surface area (Å²) in [6, 6.07) is 4.92. The molecule has 1 unspecified atom stereocenters. The summed E-state index contributed by atoms with van der Waals surface area (Å²) in [6.07, 6.45) is 0.149. The zero-order chi connectivity index (χ0) is 24.1. The number of carbonyl (C=O) groups excluding carboxylic acids is 2. The van der Waals surface area contributed by atoms with Crippen LogP contribution in [0.25, 0.3) is 0 Å². The summed E-state index contributed by atoms with van der Waals surface area (Å²) in [5.74, 6) is 0.455. The topological polar surface area (TPSA) is 92.7 Å². The number of nitrogens with zero attached hydrogens (tertiary/aromatic N) is 3. The van der Waals surface area contributed by atoms with Crippen LogP contribution in [0, 0.1) is 0 Å². The predicted octanol–water partition coefficient (Wildman–Crippen LogP) is 2.52. The number of hydrogen-bond donors (Lipinski definition) is 1. The Balaban J connectivity index is 2.02. The van der Waals surface area contributed by atoms with Crippen LogP contribution in [-0.2, 0) is 14.3 Å². The maximum absolute atomic E-state index is 12.9. The smallest absolute Gasteiger partial charge is 0.338 e. The Morgan fingerprint density at radius 3 is 2.61 bits per heavy atom. The third-order valence-corrected chi connectivity index (χ3v) is 6.25. The van der Waals surface area contributed by atoms with Crippen LogP contribution in [0.4, 0.5) is 0 Å². The van der Waals surface area contributed by atoms with Crippen molar-refractivity contribution in [3.63, 3.8) is 0 Å². The van der Waals surface area contributed by atoms with Crippen molar-refractivity contribution in [2.45, 2.75) is 19.4 Å². The molecule has 3 rings (SSSR count). The van der Waals surface area contributed by atoms with Crippen LogP contribution in [0.2, 0.25) is 0 Å². The molecule has 0 radical (unpaired) electrons. The number of ether oxygens (including phenoxy) is 3. The molecule has 2 heterocycles. The number of hydrogen-bond acceptors (Lipinski definition) is 9. The summed E-state index contributed by atoms with van der Waals surface area (Å²) >= 11 is 1.42. The number of aliphatic imine (C=N–C) groups is 1. The second kappa shape index (κ2) is 10.8. The van der Waals surface area contributed by atoms with E-state index in [0.29, 0.717) is 40.0 Å². The van der Waals surface area contributed by atoms with Gasteiger partial charge in [0, 0.05) is 24.4 Å². The Hall–Kier alpha value is -2.98. The molecular formula is C23H30N4O5S. The molecule has 1 N–H and O–H groups in total. The molecule has 0 bridgehead atoms. The molecule has 0 spiro atoms. The highest BCUT2D eigenvalue weighted by Crippen LogP contribution is 2.48. The fourth-order valence-electron chi connectivity index (χ4n) is 3.81. The van der Waals surface area contributed by atoms with Gasteiger partial charge in [0.2, 0.25) is 5.91 Å². The van der Waals surface area contributed by atoms with Crippen molar-refractivity contribution in [3.05, 3.63) is 46.1 Å². The number of rotatable bonds is 9. The highest BCUT2D eigenvalue weighted by atomic mass is 32.2. The lowest BCUT2D eigenvalue weighted by Gasteiger charge is -2.36. The zero-order valence-corrected chi connectivity index (χ0v) is 20.6. The van der Waals surface area contributed by atoms with Gasteiger partial charge in [0.05, 0.1) is 45.1 Å². The largest absolute Gasteiger partial charge is 0.493 e. The minimum Gasteiger partial charge on any atom is -0.493 e. The number of nitrogens with one attached hydrogen (secondary N) is 1. The minimum absolute atomic E-state index is 0.104. The van der Waals surface area contributed by atoms with Gasteiger partial charge >= 0.3 is 5.97 Å². The van der Waals surface area contributed by atoms with E-state index in [-0.39, 0.29) is 12.3 Å². The lowest BCUT2D eigenvalue weighted by Crippen LogP contribution is -2.38.